The van der Waals surface area contributed by atoms with Gasteiger partial charge < -0.3 is 31.9 Å². The number of nitrogens with zero attached hydrogens (tertiary/aromatic N) is 1. The highest BCUT2D eigenvalue weighted by Gasteiger charge is 2.32. The van der Waals surface area contributed by atoms with Gasteiger partial charge >= 0.3 is 0 Å². The molecule has 7 N–H and O–H groups in total. The normalized spacial score (nSPS) is 15.2. The fourth-order valence-corrected chi connectivity index (χ4v) is 5.10. The van der Waals surface area contributed by atoms with Gasteiger partial charge in [0, 0.05) is 36.0 Å². The molecule has 0 spiro atoms. The monoisotopic (exact) mass is 676 g/mol. The van der Waals surface area contributed by atoms with Crippen LogP contribution in [0.1, 0.15) is 105 Å². The molecule has 48 heavy (non-hydrogen) atoms. The number of hydrogen-bond donors (Lipinski definition) is 7. The molecule has 0 aliphatic heterocycles. The third-order valence-corrected chi connectivity index (χ3v) is 8.29. The second kappa shape index (κ2) is 21.3. The summed E-state index contributed by atoms with van der Waals surface area (Å²) in [7, 11) is 0. The van der Waals surface area contributed by atoms with E-state index in [9.17, 15) is 29.2 Å². The SMILES string of the molecule is CCNC(=O)C(NC(=O)[C@H](C)NCC(CC(C)C)NC(=O)[C@H](CCC(C)C)NC(=O)C(NC(=O)c1cc[n+](O)cc1)C(C)CC)C(C)C. The van der Waals surface area contributed by atoms with Crippen LogP contribution >= 0.6 is 0 Å². The Balaban J connectivity index is 3.07. The fourth-order valence-electron chi connectivity index (χ4n) is 5.10. The summed E-state index contributed by atoms with van der Waals surface area (Å²) in [5, 5.41) is 27.1. The van der Waals surface area contributed by atoms with E-state index in [4.69, 9.17) is 0 Å². The highest BCUT2D eigenvalue weighted by atomic mass is 16.5. The van der Waals surface area contributed by atoms with E-state index in [-0.39, 0.29) is 53.0 Å². The van der Waals surface area contributed by atoms with E-state index in [0.717, 1.165) is 4.73 Å². The van der Waals surface area contributed by atoms with Crippen LogP contribution in [0.15, 0.2) is 24.5 Å². The predicted octanol–water partition coefficient (Wildman–Crippen LogP) is 2.06. The molecular formula is C35H62N7O6+. The summed E-state index contributed by atoms with van der Waals surface area (Å²) in [5.41, 5.74) is 0.284. The number of carbonyl (C=O) groups is 5. The molecule has 0 radical (unpaired) electrons. The van der Waals surface area contributed by atoms with Gasteiger partial charge in [-0.25, -0.2) is 0 Å². The van der Waals surface area contributed by atoms with E-state index in [2.05, 4.69) is 31.9 Å². The average Bonchev–Trinajstić information content (AvgIpc) is 3.02. The van der Waals surface area contributed by atoms with Crippen molar-refractivity contribution in [3.05, 3.63) is 30.1 Å². The largest absolute Gasteiger partial charge is 0.355 e. The molecule has 1 rings (SSSR count). The van der Waals surface area contributed by atoms with Crippen LogP contribution in [-0.2, 0) is 19.2 Å². The first kappa shape index (κ1) is 42.3. The Kier molecular flexibility index (Phi) is 18.7. The first-order chi connectivity index (χ1) is 22.5. The molecule has 0 bridgehead atoms. The molecule has 0 saturated carbocycles. The highest BCUT2D eigenvalue weighted by Crippen LogP contribution is 2.13. The number of pyridine rings is 1. The van der Waals surface area contributed by atoms with Gasteiger partial charge in [-0.3, -0.25) is 29.2 Å². The van der Waals surface area contributed by atoms with E-state index in [1.807, 2.05) is 62.3 Å². The fraction of sp³-hybridized carbons (Fsp3) is 0.714. The van der Waals surface area contributed by atoms with Crippen LogP contribution in [0.3, 0.4) is 0 Å². The van der Waals surface area contributed by atoms with Crippen molar-refractivity contribution in [3.8, 4) is 0 Å². The zero-order valence-electron chi connectivity index (χ0n) is 30.7. The van der Waals surface area contributed by atoms with Crippen molar-refractivity contribution in [1.82, 2.24) is 31.9 Å². The number of likely N-dealkylation sites (N-methyl/N-ethyl adjacent to an activating group) is 1. The summed E-state index contributed by atoms with van der Waals surface area (Å²) in [6.45, 7) is 20.0. The maximum atomic E-state index is 13.8. The number of carbonyl (C=O) groups excluding carboxylic acids is 5. The van der Waals surface area contributed by atoms with Gasteiger partial charge in [-0.05, 0) is 56.8 Å². The molecule has 0 aliphatic rings. The molecule has 0 saturated heterocycles. The second-order valence-corrected chi connectivity index (χ2v) is 13.9. The van der Waals surface area contributed by atoms with Crippen molar-refractivity contribution in [2.24, 2.45) is 23.7 Å². The molecule has 0 aromatic carbocycles. The summed E-state index contributed by atoms with van der Waals surface area (Å²) in [6.07, 6.45) is 4.98. The topological polar surface area (TPSA) is 182 Å². The number of hydrogen-bond acceptors (Lipinski definition) is 7. The minimum Gasteiger partial charge on any atom is -0.355 e. The minimum atomic E-state index is -0.889. The van der Waals surface area contributed by atoms with Gasteiger partial charge in [0.1, 0.15) is 18.1 Å². The Bertz CT molecular complexity index is 1170. The molecule has 13 nitrogen and oxygen atoms in total. The molecule has 272 valence electrons. The van der Waals surface area contributed by atoms with Crippen molar-refractivity contribution < 1.29 is 33.9 Å². The summed E-state index contributed by atoms with van der Waals surface area (Å²) in [4.78, 5) is 65.9. The lowest BCUT2D eigenvalue weighted by Gasteiger charge is -2.29. The Hall–Kier alpha value is -3.74. The van der Waals surface area contributed by atoms with Crippen molar-refractivity contribution in [1.29, 1.82) is 0 Å². The van der Waals surface area contributed by atoms with Gasteiger partial charge in [0.2, 0.25) is 36.0 Å². The number of amides is 5. The summed E-state index contributed by atoms with van der Waals surface area (Å²) in [5.74, 6) is -1.61. The van der Waals surface area contributed by atoms with Gasteiger partial charge in [0.25, 0.3) is 5.91 Å². The zero-order chi connectivity index (χ0) is 36.6. The summed E-state index contributed by atoms with van der Waals surface area (Å²) < 4.78 is 0.821. The van der Waals surface area contributed by atoms with Gasteiger partial charge in [-0.1, -0.05) is 61.8 Å². The van der Waals surface area contributed by atoms with Crippen LogP contribution in [0.4, 0.5) is 0 Å². The average molecular weight is 677 g/mol. The van der Waals surface area contributed by atoms with Gasteiger partial charge in [-0.2, -0.15) is 0 Å². The highest BCUT2D eigenvalue weighted by molar-refractivity contribution is 5.98. The van der Waals surface area contributed by atoms with E-state index in [1.165, 1.54) is 24.5 Å². The third-order valence-electron chi connectivity index (χ3n) is 8.29. The van der Waals surface area contributed by atoms with Crippen LogP contribution in [0, 0.1) is 23.7 Å². The van der Waals surface area contributed by atoms with Crippen LogP contribution in [0.2, 0.25) is 0 Å². The lowest BCUT2D eigenvalue weighted by atomic mass is 9.96. The number of rotatable bonds is 21. The standard InChI is InChI=1S/C35H61N7O6/c1-11-24(9)30(41-32(44)26-15-17-42(48)18-16-26)35(47)39-28(14-13-21(3)4)33(45)38-27(19-22(5)6)20-37-25(10)31(43)40-29(23(7)8)34(46)36-12-2/h15-18,21-25,27-30,37H,11-14,19-20H2,1-10H3,(H5-,36,38,39,40,41,43,44,45,46,47,48)/p+1/t24?,25-,27?,28-,29?,30?/m0/s1. The lowest BCUT2D eigenvalue weighted by Crippen LogP contribution is -2.58. The molecule has 1 heterocycles. The van der Waals surface area contributed by atoms with E-state index >= 15 is 0 Å². The second-order valence-electron chi connectivity index (χ2n) is 13.9. The summed E-state index contributed by atoms with van der Waals surface area (Å²) in [6, 6.07) is -0.475. The lowest BCUT2D eigenvalue weighted by molar-refractivity contribution is -0.904. The molecule has 13 heteroatoms. The Morgan fingerprint density at radius 3 is 1.88 bits per heavy atom. The van der Waals surface area contributed by atoms with Crippen LogP contribution in [0.25, 0.3) is 0 Å². The number of aromatic nitrogens is 1. The molecule has 0 fully saturated rings. The van der Waals surface area contributed by atoms with E-state index in [1.54, 1.807) is 6.92 Å². The molecule has 4 unspecified atom stereocenters. The van der Waals surface area contributed by atoms with Crippen LogP contribution in [0.5, 0.6) is 0 Å². The van der Waals surface area contributed by atoms with Gasteiger partial charge in [0.15, 0.2) is 0 Å². The Morgan fingerprint density at radius 1 is 0.729 bits per heavy atom. The van der Waals surface area contributed by atoms with Crippen LogP contribution in [-0.4, -0.2) is 78.0 Å². The van der Waals surface area contributed by atoms with Crippen LogP contribution < -0.4 is 36.6 Å². The maximum absolute atomic E-state index is 13.8. The Morgan fingerprint density at radius 2 is 1.35 bits per heavy atom. The first-order valence-electron chi connectivity index (χ1n) is 17.4. The minimum absolute atomic E-state index is 0.0983. The van der Waals surface area contributed by atoms with Crippen molar-refractivity contribution in [2.75, 3.05) is 13.1 Å². The zero-order valence-corrected chi connectivity index (χ0v) is 30.7. The first-order valence-corrected chi connectivity index (χ1v) is 17.4. The van der Waals surface area contributed by atoms with Crippen molar-refractivity contribution in [3.63, 3.8) is 0 Å². The van der Waals surface area contributed by atoms with E-state index in [0.29, 0.717) is 38.8 Å². The van der Waals surface area contributed by atoms with Crippen molar-refractivity contribution >= 4 is 29.5 Å². The maximum Gasteiger partial charge on any atom is 0.252 e. The van der Waals surface area contributed by atoms with Gasteiger partial charge in [-0.15, -0.1) is 0 Å². The molecule has 5 amide bonds. The quantitative estimate of drug-likeness (QED) is 0.0769. The summed E-state index contributed by atoms with van der Waals surface area (Å²) >= 11 is 0. The third kappa shape index (κ3) is 15.0. The molecule has 6 atom stereocenters. The molecule has 1 aromatic rings. The molecular weight excluding hydrogens is 614 g/mol. The van der Waals surface area contributed by atoms with Crippen molar-refractivity contribution in [2.45, 2.75) is 125 Å². The predicted molar refractivity (Wildman–Crippen MR) is 185 cm³/mol. The van der Waals surface area contributed by atoms with Gasteiger partial charge in [0.05, 0.1) is 11.6 Å². The number of nitrogens with one attached hydrogen (secondary N) is 6. The molecule has 1 aromatic heterocycles. The molecule has 0 aliphatic carbocycles. The van der Waals surface area contributed by atoms with E-state index < -0.39 is 36.0 Å². The Labute approximate surface area is 287 Å². The smallest absolute Gasteiger partial charge is 0.252 e.